The second-order valence-electron chi connectivity index (χ2n) is 7.99. The molecule has 0 unspecified atom stereocenters. The smallest absolute Gasteiger partial charge is 0.323 e. The second kappa shape index (κ2) is 10.0. The summed E-state index contributed by atoms with van der Waals surface area (Å²) in [4.78, 5) is 26.6. The van der Waals surface area contributed by atoms with Crippen LogP contribution in [-0.2, 0) is 0 Å². The van der Waals surface area contributed by atoms with Crippen molar-refractivity contribution in [2.75, 3.05) is 0 Å². The van der Waals surface area contributed by atoms with E-state index in [0.717, 1.165) is 15.9 Å². The van der Waals surface area contributed by atoms with E-state index < -0.39 is 34.4 Å². The second-order valence-corrected chi connectivity index (χ2v) is 11.0. The molecule has 1 N–H and O–H groups in total. The Morgan fingerprint density at radius 1 is 0.667 bits per heavy atom. The molecule has 0 heterocycles. The highest BCUT2D eigenvalue weighted by Gasteiger charge is 2.48. The Balaban J connectivity index is 2.09. The maximum absolute atomic E-state index is 11.7. The molecular formula is C26H22N4O5P+. The number of nitro benzene ring substituents is 2. The van der Waals surface area contributed by atoms with Crippen LogP contribution in [0.2, 0.25) is 0 Å². The van der Waals surface area contributed by atoms with E-state index in [-0.39, 0.29) is 16.8 Å². The lowest BCUT2D eigenvalue weighted by Gasteiger charge is -2.20. The molecule has 0 bridgehead atoms. The van der Waals surface area contributed by atoms with E-state index in [9.17, 15) is 25.3 Å². The zero-order valence-electron chi connectivity index (χ0n) is 19.5. The zero-order valence-corrected chi connectivity index (χ0v) is 20.4. The van der Waals surface area contributed by atoms with Crippen LogP contribution < -0.4 is 15.9 Å². The maximum Gasteiger partial charge on any atom is 0.323 e. The van der Waals surface area contributed by atoms with Crippen LogP contribution in [0.25, 0.3) is 0 Å². The molecule has 4 aromatic carbocycles. The van der Waals surface area contributed by atoms with Gasteiger partial charge in [0.15, 0.2) is 0 Å². The number of nitrogens with zero attached hydrogens (tertiary/aromatic N) is 4. The Kier molecular flexibility index (Phi) is 6.85. The molecule has 0 aromatic heterocycles. The van der Waals surface area contributed by atoms with Gasteiger partial charge in [0.05, 0.1) is 21.0 Å². The number of phenols is 1. The fraction of sp³-hybridized carbons (Fsp3) is 0.0769. The normalized spacial score (nSPS) is 11.5. The molecule has 180 valence electrons. The number of nitro groups is 2. The van der Waals surface area contributed by atoms with Crippen molar-refractivity contribution in [1.29, 1.82) is 0 Å². The maximum atomic E-state index is 11.7. The summed E-state index contributed by atoms with van der Waals surface area (Å²) >= 11 is 0. The van der Waals surface area contributed by atoms with Gasteiger partial charge in [0.1, 0.15) is 21.6 Å². The summed E-state index contributed by atoms with van der Waals surface area (Å²) in [7, 11) is -2.79. The third-order valence-corrected chi connectivity index (χ3v) is 9.40. The van der Waals surface area contributed by atoms with Gasteiger partial charge in [-0.2, -0.15) is 0 Å². The number of hydrogen-bond donors (Lipinski definition) is 1. The first kappa shape index (κ1) is 24.6. The van der Waals surface area contributed by atoms with Crippen LogP contribution in [0.15, 0.2) is 101 Å². The highest BCUT2D eigenvalue weighted by Crippen LogP contribution is 2.58. The molecule has 0 saturated heterocycles. The van der Waals surface area contributed by atoms with Crippen molar-refractivity contribution in [3.05, 3.63) is 122 Å². The molecule has 0 aliphatic heterocycles. The van der Waals surface area contributed by atoms with Crippen molar-refractivity contribution < 1.29 is 15.0 Å². The molecular weight excluding hydrogens is 479 g/mol. The standard InChI is InChI=1S/C26H21N4O5P/c1-18-23(19(2)25(30(34)35)26(31)24(18)29(32)33)27-28-36(20-12-6-3-7-13-20,21-14-8-4-9-15-21)22-16-10-5-11-17-22/h3-17H,1-2H3/p+1. The van der Waals surface area contributed by atoms with Gasteiger partial charge in [0.25, 0.3) is 13.2 Å². The van der Waals surface area contributed by atoms with Crippen molar-refractivity contribution >= 4 is 40.4 Å². The van der Waals surface area contributed by atoms with Gasteiger partial charge in [-0.15, -0.1) is 5.11 Å². The highest BCUT2D eigenvalue weighted by atomic mass is 31.2. The van der Waals surface area contributed by atoms with Crippen molar-refractivity contribution in [1.82, 2.24) is 0 Å². The van der Waals surface area contributed by atoms with E-state index in [0.29, 0.717) is 0 Å². The molecule has 0 saturated carbocycles. The molecule has 9 nitrogen and oxygen atoms in total. The van der Waals surface area contributed by atoms with Crippen molar-refractivity contribution in [3.63, 3.8) is 0 Å². The SMILES string of the molecule is Cc1c(N=N[P+](c2ccccc2)(c2ccccc2)c2ccccc2)c(C)c([N+](=O)[O-])c(O)c1[N+](=O)[O-]. The topological polar surface area (TPSA) is 131 Å². The Labute approximate surface area is 207 Å². The van der Waals surface area contributed by atoms with Gasteiger partial charge in [0.2, 0.25) is 0 Å². The number of aromatic hydroxyl groups is 1. The van der Waals surface area contributed by atoms with Gasteiger partial charge < -0.3 is 5.11 Å². The fourth-order valence-electron chi connectivity index (χ4n) is 4.21. The van der Waals surface area contributed by atoms with E-state index in [1.165, 1.54) is 13.8 Å². The molecule has 0 aliphatic carbocycles. The summed E-state index contributed by atoms with van der Waals surface area (Å²) in [5.74, 6) is -0.991. The Morgan fingerprint density at radius 2 is 1.00 bits per heavy atom. The fourth-order valence-corrected chi connectivity index (χ4v) is 7.45. The van der Waals surface area contributed by atoms with Crippen molar-refractivity contribution in [2.24, 2.45) is 10.00 Å². The molecule has 0 atom stereocenters. The summed E-state index contributed by atoms with van der Waals surface area (Å²) in [5, 5.41) is 40.9. The lowest BCUT2D eigenvalue weighted by Crippen LogP contribution is -2.29. The van der Waals surface area contributed by atoms with Crippen molar-refractivity contribution in [2.45, 2.75) is 13.8 Å². The van der Waals surface area contributed by atoms with Crippen LogP contribution in [0.3, 0.4) is 0 Å². The largest absolute Gasteiger partial charge is 0.497 e. The molecule has 4 aromatic rings. The molecule has 0 aliphatic rings. The molecule has 10 heteroatoms. The van der Waals surface area contributed by atoms with Gasteiger partial charge in [-0.25, -0.2) is 0 Å². The average molecular weight is 501 g/mol. The summed E-state index contributed by atoms with van der Waals surface area (Å²) in [6.07, 6.45) is 0. The van der Waals surface area contributed by atoms with Gasteiger partial charge in [-0.05, 0) is 55.1 Å². The summed E-state index contributed by atoms with van der Waals surface area (Å²) in [6, 6.07) is 28.8. The predicted molar refractivity (Wildman–Crippen MR) is 141 cm³/mol. The Bertz CT molecular complexity index is 1320. The zero-order chi connectivity index (χ0) is 25.9. The number of phenolic OH excluding ortho intramolecular Hbond substituents is 1. The van der Waals surface area contributed by atoms with Crippen LogP contribution >= 0.6 is 7.41 Å². The molecule has 36 heavy (non-hydrogen) atoms. The van der Waals surface area contributed by atoms with Gasteiger partial charge in [-0.3, -0.25) is 20.2 Å². The average Bonchev–Trinajstić information content (AvgIpc) is 2.87. The molecule has 0 spiro atoms. The lowest BCUT2D eigenvalue weighted by molar-refractivity contribution is -0.396. The monoisotopic (exact) mass is 501 g/mol. The van der Waals surface area contributed by atoms with Crippen LogP contribution in [0.1, 0.15) is 11.1 Å². The van der Waals surface area contributed by atoms with Gasteiger partial charge >= 0.3 is 11.4 Å². The van der Waals surface area contributed by atoms with Crippen molar-refractivity contribution in [3.8, 4) is 5.75 Å². The third kappa shape index (κ3) is 4.21. The quantitative estimate of drug-likeness (QED) is 0.148. The predicted octanol–water partition coefficient (Wildman–Crippen LogP) is 5.82. The highest BCUT2D eigenvalue weighted by molar-refractivity contribution is 7.94. The van der Waals surface area contributed by atoms with E-state index in [1.54, 1.807) is 0 Å². The van der Waals surface area contributed by atoms with E-state index in [4.69, 9.17) is 4.88 Å². The first-order chi connectivity index (χ1) is 17.3. The minimum absolute atomic E-state index is 0.00312. The van der Waals surface area contributed by atoms with Crippen LogP contribution in [0.4, 0.5) is 17.1 Å². The van der Waals surface area contributed by atoms with E-state index >= 15 is 0 Å². The Morgan fingerprint density at radius 3 is 1.31 bits per heavy atom. The minimum atomic E-state index is -2.79. The third-order valence-electron chi connectivity index (χ3n) is 5.90. The van der Waals surface area contributed by atoms with Gasteiger partial charge in [0, 0.05) is 0 Å². The van der Waals surface area contributed by atoms with Crippen LogP contribution in [-0.4, -0.2) is 15.0 Å². The summed E-state index contributed by atoms with van der Waals surface area (Å²) in [6.45, 7) is 2.80. The molecule has 0 radical (unpaired) electrons. The number of hydrogen-bond acceptors (Lipinski definition) is 7. The van der Waals surface area contributed by atoms with Gasteiger partial charge in [-0.1, -0.05) is 54.6 Å². The minimum Gasteiger partial charge on any atom is -0.497 e. The first-order valence-corrected chi connectivity index (χ1v) is 12.7. The summed E-state index contributed by atoms with van der Waals surface area (Å²) < 4.78 is 0. The van der Waals surface area contributed by atoms with Crippen LogP contribution in [0.5, 0.6) is 5.75 Å². The Hall–Kier alpha value is -4.49. The van der Waals surface area contributed by atoms with E-state index in [2.05, 4.69) is 5.11 Å². The van der Waals surface area contributed by atoms with E-state index in [1.807, 2.05) is 91.0 Å². The first-order valence-electron chi connectivity index (χ1n) is 10.9. The lowest BCUT2D eigenvalue weighted by atomic mass is 10.0. The molecule has 4 rings (SSSR count). The summed E-state index contributed by atoms with van der Waals surface area (Å²) in [5.41, 5.74) is -1.54. The molecule has 0 amide bonds. The number of benzene rings is 4. The number of rotatable bonds is 7. The molecule has 0 fully saturated rings. The van der Waals surface area contributed by atoms with Crippen LogP contribution in [0, 0.1) is 34.1 Å².